The molecule has 236 valence electrons. The van der Waals surface area contributed by atoms with Gasteiger partial charge in [-0.2, -0.15) is 26.3 Å². The van der Waals surface area contributed by atoms with Crippen molar-refractivity contribution >= 4 is 66.7 Å². The zero-order valence-electron chi connectivity index (χ0n) is 24.5. The maximum Gasteiger partial charge on any atom is 0.417 e. The lowest BCUT2D eigenvalue weighted by molar-refractivity contribution is -0.136. The van der Waals surface area contributed by atoms with Crippen LogP contribution in [0.25, 0.3) is 43.1 Å². The highest BCUT2D eigenvalue weighted by Gasteiger charge is 2.44. The van der Waals surface area contributed by atoms with Gasteiger partial charge >= 0.3 is 12.4 Å². The molecule has 0 aliphatic carbocycles. The van der Waals surface area contributed by atoms with E-state index in [9.17, 15) is 45.5 Å². The number of hydrogen-bond donors (Lipinski definition) is 0. The second kappa shape index (κ2) is 9.88. The van der Waals surface area contributed by atoms with Gasteiger partial charge in [0.05, 0.1) is 11.1 Å². The highest BCUT2D eigenvalue weighted by Crippen LogP contribution is 2.53. The van der Waals surface area contributed by atoms with Crippen molar-refractivity contribution in [2.24, 2.45) is 0 Å². The Balaban J connectivity index is 1.72. The Labute approximate surface area is 256 Å². The van der Waals surface area contributed by atoms with Gasteiger partial charge in [-0.05, 0) is 53.3 Å². The van der Waals surface area contributed by atoms with Crippen LogP contribution in [0.2, 0.25) is 0 Å². The SMILES string of the molecule is CCCCN1C(=O)c2ccc3c4c(C(F)(F)F)cc5c6c(cc(C(F)(F)F)c(c7ccc(c2c37)C1=O)c64)C(=O)N(CCCC)C5=O. The van der Waals surface area contributed by atoms with E-state index in [1.165, 1.54) is 24.3 Å². The molecular weight excluding hydrogens is 614 g/mol. The maximum absolute atomic E-state index is 15.0. The first-order valence-corrected chi connectivity index (χ1v) is 14.9. The standard InChI is InChI=1S/C34H24F6N2O4/c1-3-5-11-41-29(43)17-9-7-15-23-16(8-10-18(24(17)23)30(41)44)27-22(34(38,39)40)14-20-25-19(31(45)42(32(20)46)12-6-4-2)13-21(33(35,36)37)26(15)28(25)27/h7-10,13-14H,3-6,11-12H2,1-2H3. The third-order valence-electron chi connectivity index (χ3n) is 9.09. The molecule has 0 aromatic heterocycles. The molecule has 2 aliphatic rings. The van der Waals surface area contributed by atoms with Gasteiger partial charge in [0.25, 0.3) is 23.6 Å². The lowest BCUT2D eigenvalue weighted by atomic mass is 9.79. The molecule has 0 N–H and O–H groups in total. The van der Waals surface area contributed by atoms with Gasteiger partial charge < -0.3 is 0 Å². The number of fused-ring (bicyclic) bond motifs is 2. The highest BCUT2D eigenvalue weighted by molar-refractivity contribution is 6.42. The fourth-order valence-corrected chi connectivity index (χ4v) is 7.05. The highest BCUT2D eigenvalue weighted by atomic mass is 19.4. The average molecular weight is 639 g/mol. The van der Waals surface area contributed by atoms with Crippen molar-refractivity contribution in [3.8, 4) is 0 Å². The summed E-state index contributed by atoms with van der Waals surface area (Å²) in [6.07, 6.45) is -8.28. The molecule has 4 amide bonds. The molecule has 0 bridgehead atoms. The molecule has 0 saturated heterocycles. The molecule has 0 saturated carbocycles. The van der Waals surface area contributed by atoms with Crippen molar-refractivity contribution in [3.05, 3.63) is 69.8 Å². The monoisotopic (exact) mass is 638 g/mol. The lowest BCUT2D eigenvalue weighted by Crippen LogP contribution is -2.41. The van der Waals surface area contributed by atoms with E-state index in [0.29, 0.717) is 42.7 Å². The molecule has 5 aromatic rings. The van der Waals surface area contributed by atoms with Crippen molar-refractivity contribution < 1.29 is 45.5 Å². The van der Waals surface area contributed by atoms with Crippen LogP contribution < -0.4 is 0 Å². The molecule has 6 nitrogen and oxygen atoms in total. The van der Waals surface area contributed by atoms with Crippen molar-refractivity contribution in [2.75, 3.05) is 13.1 Å². The number of nitrogens with zero attached hydrogens (tertiary/aromatic N) is 2. The summed E-state index contributed by atoms with van der Waals surface area (Å²) in [4.78, 5) is 56.0. The van der Waals surface area contributed by atoms with Crippen LogP contribution in [0.3, 0.4) is 0 Å². The van der Waals surface area contributed by atoms with Gasteiger partial charge in [-0.3, -0.25) is 29.0 Å². The molecule has 0 atom stereocenters. The van der Waals surface area contributed by atoms with E-state index < -0.39 is 74.4 Å². The summed E-state index contributed by atoms with van der Waals surface area (Å²) in [5, 5.41) is -2.51. The van der Waals surface area contributed by atoms with Gasteiger partial charge in [0.2, 0.25) is 0 Å². The van der Waals surface area contributed by atoms with E-state index in [-0.39, 0.29) is 51.1 Å². The number of imide groups is 2. The van der Waals surface area contributed by atoms with E-state index in [1.807, 2.05) is 6.92 Å². The lowest BCUT2D eigenvalue weighted by Gasteiger charge is -2.32. The van der Waals surface area contributed by atoms with Crippen LogP contribution in [-0.2, 0) is 12.4 Å². The minimum absolute atomic E-state index is 0.0145. The van der Waals surface area contributed by atoms with Crippen molar-refractivity contribution in [2.45, 2.75) is 51.9 Å². The first-order valence-electron chi connectivity index (χ1n) is 14.9. The molecule has 2 heterocycles. The Hall–Kier alpha value is -4.74. The Morgan fingerprint density at radius 1 is 0.500 bits per heavy atom. The molecule has 5 aromatic carbocycles. The molecule has 0 spiro atoms. The number of hydrogen-bond acceptors (Lipinski definition) is 4. The van der Waals surface area contributed by atoms with Crippen LogP contribution in [0, 0.1) is 0 Å². The first-order chi connectivity index (χ1) is 21.7. The van der Waals surface area contributed by atoms with Gasteiger partial charge in [-0.1, -0.05) is 38.8 Å². The van der Waals surface area contributed by atoms with Gasteiger partial charge in [0, 0.05) is 62.3 Å². The Kier molecular flexibility index (Phi) is 6.43. The summed E-state index contributed by atoms with van der Waals surface area (Å²) in [6, 6.07) is 6.27. The van der Waals surface area contributed by atoms with Gasteiger partial charge in [-0.15, -0.1) is 0 Å². The first kappa shape index (κ1) is 29.9. The smallest absolute Gasteiger partial charge is 0.274 e. The van der Waals surface area contributed by atoms with Gasteiger partial charge in [-0.25, -0.2) is 0 Å². The van der Waals surface area contributed by atoms with E-state index in [4.69, 9.17) is 0 Å². The predicted octanol–water partition coefficient (Wildman–Crippen LogP) is 8.57. The van der Waals surface area contributed by atoms with E-state index in [0.717, 1.165) is 4.90 Å². The minimum atomic E-state index is -5.14. The number of unbranched alkanes of at least 4 members (excludes halogenated alkanes) is 2. The van der Waals surface area contributed by atoms with Gasteiger partial charge in [0.15, 0.2) is 0 Å². The van der Waals surface area contributed by atoms with E-state index in [2.05, 4.69) is 0 Å². The number of alkyl halides is 6. The van der Waals surface area contributed by atoms with Crippen LogP contribution in [-0.4, -0.2) is 46.5 Å². The molecule has 7 rings (SSSR count). The van der Waals surface area contributed by atoms with Crippen molar-refractivity contribution in [3.63, 3.8) is 0 Å². The average Bonchev–Trinajstić information content (AvgIpc) is 3.00. The summed E-state index contributed by atoms with van der Waals surface area (Å²) in [5.41, 5.74) is -3.78. The predicted molar refractivity (Wildman–Crippen MR) is 158 cm³/mol. The quantitative estimate of drug-likeness (QED) is 0.0809. The number of rotatable bonds is 6. The van der Waals surface area contributed by atoms with Crippen LogP contribution in [0.1, 0.15) is 92.1 Å². The summed E-state index contributed by atoms with van der Waals surface area (Å²) < 4.78 is 89.7. The fraction of sp³-hybridized carbons (Fsp3) is 0.294. The van der Waals surface area contributed by atoms with Crippen LogP contribution in [0.5, 0.6) is 0 Å². The topological polar surface area (TPSA) is 74.8 Å². The second-order valence-corrected chi connectivity index (χ2v) is 11.7. The second-order valence-electron chi connectivity index (χ2n) is 11.7. The normalized spacial score (nSPS) is 15.6. The van der Waals surface area contributed by atoms with E-state index in [1.54, 1.807) is 6.92 Å². The Morgan fingerprint density at radius 2 is 0.870 bits per heavy atom. The van der Waals surface area contributed by atoms with Crippen LogP contribution in [0.15, 0.2) is 36.4 Å². The molecule has 46 heavy (non-hydrogen) atoms. The summed E-state index contributed by atoms with van der Waals surface area (Å²) in [5.74, 6) is -3.43. The molecule has 12 heteroatoms. The summed E-state index contributed by atoms with van der Waals surface area (Å²) >= 11 is 0. The number of carbonyl (C=O) groups excluding carboxylic acids is 4. The maximum atomic E-state index is 15.0. The Morgan fingerprint density at radius 3 is 1.24 bits per heavy atom. The molecule has 0 radical (unpaired) electrons. The summed E-state index contributed by atoms with van der Waals surface area (Å²) in [6.45, 7) is 3.55. The molecule has 2 aliphatic heterocycles. The van der Waals surface area contributed by atoms with Crippen molar-refractivity contribution in [1.82, 2.24) is 9.80 Å². The van der Waals surface area contributed by atoms with Gasteiger partial charge in [0.1, 0.15) is 0 Å². The molecular formula is C34H24F6N2O4. The Bertz CT molecular complexity index is 2060. The molecule has 0 fully saturated rings. The van der Waals surface area contributed by atoms with Crippen LogP contribution >= 0.6 is 0 Å². The number of carbonyl (C=O) groups is 4. The number of halogens is 6. The van der Waals surface area contributed by atoms with E-state index >= 15 is 0 Å². The fourth-order valence-electron chi connectivity index (χ4n) is 7.05. The number of amides is 4. The third-order valence-corrected chi connectivity index (χ3v) is 9.09. The van der Waals surface area contributed by atoms with Crippen molar-refractivity contribution in [1.29, 1.82) is 0 Å². The number of benzene rings is 5. The minimum Gasteiger partial charge on any atom is -0.274 e. The zero-order valence-corrected chi connectivity index (χ0v) is 24.5. The third kappa shape index (κ3) is 3.91. The largest absolute Gasteiger partial charge is 0.417 e. The zero-order chi connectivity index (χ0) is 33.0. The van der Waals surface area contributed by atoms with Crippen LogP contribution in [0.4, 0.5) is 26.3 Å². The molecule has 0 unspecified atom stereocenters. The summed E-state index contributed by atoms with van der Waals surface area (Å²) in [7, 11) is 0.